The fourth-order valence-corrected chi connectivity index (χ4v) is 4.99. The summed E-state index contributed by atoms with van der Waals surface area (Å²) in [5, 5.41) is 2.86. The zero-order chi connectivity index (χ0) is 21.6. The van der Waals surface area contributed by atoms with Gasteiger partial charge in [0.05, 0.1) is 24.5 Å². The number of nitrogens with zero attached hydrogens (tertiary/aromatic N) is 1. The molecule has 0 aliphatic carbocycles. The van der Waals surface area contributed by atoms with Crippen molar-refractivity contribution in [2.75, 3.05) is 33.4 Å². The number of benzene rings is 2. The van der Waals surface area contributed by atoms with Crippen molar-refractivity contribution in [2.45, 2.75) is 24.7 Å². The average molecular weight is 433 g/mol. The van der Waals surface area contributed by atoms with Gasteiger partial charge in [0, 0.05) is 13.1 Å². The number of aryl methyl sites for hydroxylation is 1. The van der Waals surface area contributed by atoms with E-state index in [1.807, 2.05) is 31.2 Å². The van der Waals surface area contributed by atoms with E-state index in [1.54, 1.807) is 12.1 Å². The summed E-state index contributed by atoms with van der Waals surface area (Å²) in [4.78, 5) is 12.8. The molecule has 0 radical (unpaired) electrons. The molecule has 162 valence electrons. The number of piperidine rings is 1. The van der Waals surface area contributed by atoms with Crippen LogP contribution in [0.4, 0.5) is 0 Å². The number of amides is 1. The Balaban J connectivity index is 1.52. The second-order valence-corrected chi connectivity index (χ2v) is 9.27. The van der Waals surface area contributed by atoms with E-state index >= 15 is 0 Å². The first-order chi connectivity index (χ1) is 14.4. The lowest BCUT2D eigenvalue weighted by Gasteiger charge is -2.31. The van der Waals surface area contributed by atoms with E-state index in [1.165, 1.54) is 23.5 Å². The van der Waals surface area contributed by atoms with Crippen LogP contribution in [0.1, 0.15) is 18.4 Å². The molecular formula is C22H28N2O5S. The summed E-state index contributed by atoms with van der Waals surface area (Å²) in [5.74, 6) is 0.847. The van der Waals surface area contributed by atoms with Crippen LogP contribution in [0.3, 0.4) is 0 Å². The molecule has 1 N–H and O–H groups in total. The molecule has 0 aromatic heterocycles. The van der Waals surface area contributed by atoms with E-state index in [-0.39, 0.29) is 23.3 Å². The lowest BCUT2D eigenvalue weighted by Crippen LogP contribution is -2.45. The van der Waals surface area contributed by atoms with Crippen molar-refractivity contribution in [3.05, 3.63) is 54.1 Å². The fourth-order valence-electron chi connectivity index (χ4n) is 3.46. The summed E-state index contributed by atoms with van der Waals surface area (Å²) >= 11 is 0. The topological polar surface area (TPSA) is 84.9 Å². The van der Waals surface area contributed by atoms with Crippen molar-refractivity contribution in [3.63, 3.8) is 0 Å². The number of methoxy groups -OCH3 is 1. The minimum Gasteiger partial charge on any atom is -0.497 e. The van der Waals surface area contributed by atoms with Gasteiger partial charge in [0.2, 0.25) is 15.9 Å². The maximum atomic E-state index is 12.9. The van der Waals surface area contributed by atoms with Gasteiger partial charge in [-0.05, 0) is 61.7 Å². The third-order valence-corrected chi connectivity index (χ3v) is 6.99. The second kappa shape index (κ2) is 9.95. The quantitative estimate of drug-likeness (QED) is 0.648. The van der Waals surface area contributed by atoms with Gasteiger partial charge in [-0.1, -0.05) is 12.1 Å². The van der Waals surface area contributed by atoms with Crippen molar-refractivity contribution in [1.29, 1.82) is 0 Å². The number of hydrogen-bond donors (Lipinski definition) is 1. The smallest absolute Gasteiger partial charge is 0.243 e. The van der Waals surface area contributed by atoms with Crippen LogP contribution in [-0.2, 0) is 14.8 Å². The van der Waals surface area contributed by atoms with Crippen LogP contribution in [0.5, 0.6) is 11.5 Å². The molecule has 2 aromatic rings. The average Bonchev–Trinajstić information content (AvgIpc) is 2.77. The van der Waals surface area contributed by atoms with Gasteiger partial charge in [0.25, 0.3) is 0 Å². The molecule has 7 nitrogen and oxygen atoms in total. The number of hydrogen-bond acceptors (Lipinski definition) is 5. The summed E-state index contributed by atoms with van der Waals surface area (Å²) < 4.78 is 38.0. The van der Waals surface area contributed by atoms with E-state index in [9.17, 15) is 13.2 Å². The van der Waals surface area contributed by atoms with Crippen LogP contribution in [0.2, 0.25) is 0 Å². The fraction of sp³-hybridized carbons (Fsp3) is 0.409. The summed E-state index contributed by atoms with van der Waals surface area (Å²) in [6.45, 7) is 3.31. The summed E-state index contributed by atoms with van der Waals surface area (Å²) in [7, 11) is -2.11. The molecular weight excluding hydrogens is 404 g/mol. The Morgan fingerprint density at radius 1 is 1.17 bits per heavy atom. The minimum absolute atomic E-state index is 0.141. The Hall–Kier alpha value is -2.58. The van der Waals surface area contributed by atoms with Crippen molar-refractivity contribution < 1.29 is 22.7 Å². The molecule has 8 heteroatoms. The zero-order valence-electron chi connectivity index (χ0n) is 17.3. The molecule has 0 spiro atoms. The highest BCUT2D eigenvalue weighted by Gasteiger charge is 2.33. The van der Waals surface area contributed by atoms with Gasteiger partial charge in [0.15, 0.2) is 0 Å². The van der Waals surface area contributed by atoms with Crippen LogP contribution in [0.25, 0.3) is 0 Å². The van der Waals surface area contributed by atoms with E-state index in [2.05, 4.69) is 5.32 Å². The molecule has 1 heterocycles. The Bertz CT molecular complexity index is 960. The Morgan fingerprint density at radius 3 is 2.63 bits per heavy atom. The van der Waals surface area contributed by atoms with Gasteiger partial charge in [-0.25, -0.2) is 8.42 Å². The van der Waals surface area contributed by atoms with Gasteiger partial charge in [0.1, 0.15) is 18.1 Å². The van der Waals surface area contributed by atoms with Crippen molar-refractivity contribution in [3.8, 4) is 11.5 Å². The SMILES string of the molecule is COc1ccc(S(=O)(=O)N2CCC[C@@H](C(=O)NCCOc3cccc(C)c3)C2)cc1. The molecule has 3 rings (SSSR count). The van der Waals surface area contributed by atoms with Crippen molar-refractivity contribution in [1.82, 2.24) is 9.62 Å². The third kappa shape index (κ3) is 5.52. The lowest BCUT2D eigenvalue weighted by atomic mass is 9.99. The van der Waals surface area contributed by atoms with Gasteiger partial charge in [-0.3, -0.25) is 4.79 Å². The number of sulfonamides is 1. The zero-order valence-corrected chi connectivity index (χ0v) is 18.2. The first-order valence-electron chi connectivity index (χ1n) is 10.0. The number of carbonyl (C=O) groups is 1. The number of ether oxygens (including phenoxy) is 2. The molecule has 0 unspecified atom stereocenters. The molecule has 1 fully saturated rings. The van der Waals surface area contributed by atoms with Crippen molar-refractivity contribution >= 4 is 15.9 Å². The van der Waals surface area contributed by atoms with Gasteiger partial charge in [-0.15, -0.1) is 0 Å². The molecule has 1 atom stereocenters. The predicted octanol–water partition coefficient (Wildman–Crippen LogP) is 2.60. The first-order valence-corrected chi connectivity index (χ1v) is 11.5. The van der Waals surface area contributed by atoms with Crippen molar-refractivity contribution in [2.24, 2.45) is 5.92 Å². The standard InChI is InChI=1S/C22H28N2O5S/c1-17-5-3-7-20(15-17)29-14-12-23-22(25)18-6-4-13-24(16-18)30(26,27)21-10-8-19(28-2)9-11-21/h3,5,7-11,15,18H,4,6,12-14,16H2,1-2H3,(H,23,25)/t18-/m1/s1. The largest absolute Gasteiger partial charge is 0.497 e. The number of nitrogens with one attached hydrogen (secondary N) is 1. The first kappa shape index (κ1) is 22.1. The number of carbonyl (C=O) groups excluding carboxylic acids is 1. The molecule has 0 saturated carbocycles. The molecule has 1 amide bonds. The monoisotopic (exact) mass is 432 g/mol. The van der Waals surface area contributed by atoms with Crippen LogP contribution in [0, 0.1) is 12.8 Å². The lowest BCUT2D eigenvalue weighted by molar-refractivity contribution is -0.126. The summed E-state index contributed by atoms with van der Waals surface area (Å²) in [6, 6.07) is 14.0. The van der Waals surface area contributed by atoms with Crippen LogP contribution < -0.4 is 14.8 Å². The summed E-state index contributed by atoms with van der Waals surface area (Å²) in [6.07, 6.45) is 1.31. The highest BCUT2D eigenvalue weighted by atomic mass is 32.2. The molecule has 0 bridgehead atoms. The molecule has 30 heavy (non-hydrogen) atoms. The highest BCUT2D eigenvalue weighted by Crippen LogP contribution is 2.25. The van der Waals surface area contributed by atoms with E-state index in [0.29, 0.717) is 38.3 Å². The minimum atomic E-state index is -3.65. The Morgan fingerprint density at radius 2 is 1.93 bits per heavy atom. The number of rotatable bonds is 8. The van der Waals surface area contributed by atoms with E-state index < -0.39 is 10.0 Å². The van der Waals surface area contributed by atoms with Crippen LogP contribution in [0.15, 0.2) is 53.4 Å². The van der Waals surface area contributed by atoms with E-state index in [0.717, 1.165) is 11.3 Å². The molecule has 1 aliphatic heterocycles. The maximum Gasteiger partial charge on any atom is 0.243 e. The van der Waals surface area contributed by atoms with Crippen LogP contribution in [-0.4, -0.2) is 52.0 Å². The highest BCUT2D eigenvalue weighted by molar-refractivity contribution is 7.89. The molecule has 1 aliphatic rings. The Kier molecular flexibility index (Phi) is 7.33. The molecule has 1 saturated heterocycles. The van der Waals surface area contributed by atoms with Gasteiger partial charge in [-0.2, -0.15) is 4.31 Å². The van der Waals surface area contributed by atoms with Gasteiger partial charge >= 0.3 is 0 Å². The predicted molar refractivity (Wildman–Crippen MR) is 114 cm³/mol. The normalized spacial score (nSPS) is 17.3. The second-order valence-electron chi connectivity index (χ2n) is 7.33. The Labute approximate surface area is 178 Å². The maximum absolute atomic E-state index is 12.9. The van der Waals surface area contributed by atoms with E-state index in [4.69, 9.17) is 9.47 Å². The third-order valence-electron chi connectivity index (χ3n) is 5.11. The van der Waals surface area contributed by atoms with Crippen LogP contribution >= 0.6 is 0 Å². The summed E-state index contributed by atoms with van der Waals surface area (Å²) in [5.41, 5.74) is 1.11. The molecule has 2 aromatic carbocycles. The van der Waals surface area contributed by atoms with Gasteiger partial charge < -0.3 is 14.8 Å².